The second-order valence-electron chi connectivity index (χ2n) is 8.91. The van der Waals surface area contributed by atoms with E-state index < -0.39 is 53.3 Å². The highest BCUT2D eigenvalue weighted by molar-refractivity contribution is 6.02. The maximum atomic E-state index is 14.7. The third kappa shape index (κ3) is 6.91. The molecule has 3 rings (SSSR count). The standard InChI is InChI=1S/C27H31FO9/c1-27(32)16-20(29)23(25(30)35-13-11-33-2)22(24(27)26(31)36-14-12-34-3)17-9-10-19(28)21(15-17)37-18-7-5-4-6-8-18/h4-10,15,22-24,32H,11-14,16H2,1-3H3/t22-,23+,24+,27-/m0/s1. The normalized spacial score (nSPS) is 23.4. The summed E-state index contributed by atoms with van der Waals surface area (Å²) in [5, 5.41) is 11.2. The van der Waals surface area contributed by atoms with Crippen molar-refractivity contribution in [2.75, 3.05) is 40.6 Å². The average molecular weight is 519 g/mol. The van der Waals surface area contributed by atoms with Crippen LogP contribution in [0, 0.1) is 17.7 Å². The molecule has 0 bridgehead atoms. The maximum absolute atomic E-state index is 14.7. The summed E-state index contributed by atoms with van der Waals surface area (Å²) < 4.78 is 40.8. The molecular formula is C27H31FO9. The van der Waals surface area contributed by atoms with Gasteiger partial charge in [0.1, 0.15) is 24.9 Å². The molecule has 37 heavy (non-hydrogen) atoms. The lowest BCUT2D eigenvalue weighted by molar-refractivity contribution is -0.174. The van der Waals surface area contributed by atoms with Gasteiger partial charge in [0.15, 0.2) is 17.3 Å². The zero-order valence-electron chi connectivity index (χ0n) is 21.0. The molecule has 0 aliphatic heterocycles. The molecule has 2 aromatic rings. The van der Waals surface area contributed by atoms with Crippen molar-refractivity contribution >= 4 is 17.7 Å². The van der Waals surface area contributed by atoms with Crippen LogP contribution in [0.1, 0.15) is 24.8 Å². The van der Waals surface area contributed by atoms with Crippen molar-refractivity contribution in [1.29, 1.82) is 0 Å². The van der Waals surface area contributed by atoms with Crippen LogP contribution in [0.25, 0.3) is 0 Å². The third-order valence-electron chi connectivity index (χ3n) is 6.15. The number of benzene rings is 2. The van der Waals surface area contributed by atoms with Gasteiger partial charge in [-0.05, 0) is 36.8 Å². The van der Waals surface area contributed by atoms with Crippen molar-refractivity contribution in [3.63, 3.8) is 0 Å². The van der Waals surface area contributed by atoms with Crippen molar-refractivity contribution in [2.24, 2.45) is 11.8 Å². The smallest absolute Gasteiger partial charge is 0.317 e. The van der Waals surface area contributed by atoms with E-state index >= 15 is 0 Å². The molecule has 1 fully saturated rings. The summed E-state index contributed by atoms with van der Waals surface area (Å²) in [7, 11) is 2.86. The van der Waals surface area contributed by atoms with E-state index in [1.165, 1.54) is 33.3 Å². The minimum Gasteiger partial charge on any atom is -0.463 e. The average Bonchev–Trinajstić information content (AvgIpc) is 2.85. The second kappa shape index (κ2) is 12.8. The number of para-hydroxylation sites is 1. The molecule has 1 saturated carbocycles. The fourth-order valence-electron chi connectivity index (χ4n) is 4.47. The van der Waals surface area contributed by atoms with Crippen LogP contribution in [-0.2, 0) is 33.3 Å². The van der Waals surface area contributed by atoms with Gasteiger partial charge in [-0.25, -0.2) is 4.39 Å². The first-order chi connectivity index (χ1) is 17.7. The van der Waals surface area contributed by atoms with Crippen LogP contribution in [0.2, 0.25) is 0 Å². The molecule has 0 radical (unpaired) electrons. The number of esters is 2. The molecule has 2 aromatic carbocycles. The molecule has 0 amide bonds. The van der Waals surface area contributed by atoms with E-state index in [0.29, 0.717) is 5.75 Å². The summed E-state index contributed by atoms with van der Waals surface area (Å²) in [6, 6.07) is 12.2. The molecular weight excluding hydrogens is 487 g/mol. The van der Waals surface area contributed by atoms with Crippen LogP contribution >= 0.6 is 0 Å². The highest BCUT2D eigenvalue weighted by Gasteiger charge is 2.57. The zero-order valence-corrected chi connectivity index (χ0v) is 21.0. The first-order valence-electron chi connectivity index (χ1n) is 11.8. The van der Waals surface area contributed by atoms with E-state index in [2.05, 4.69) is 0 Å². The Morgan fingerprint density at radius 3 is 2.22 bits per heavy atom. The number of rotatable bonds is 11. The number of ketones is 1. The molecule has 4 atom stereocenters. The number of hydrogen-bond acceptors (Lipinski definition) is 9. The van der Waals surface area contributed by atoms with E-state index in [1.807, 2.05) is 0 Å². The predicted molar refractivity (Wildman–Crippen MR) is 129 cm³/mol. The van der Waals surface area contributed by atoms with Crippen LogP contribution < -0.4 is 4.74 Å². The molecule has 0 unspecified atom stereocenters. The number of Topliss-reactive ketones (excluding diaryl/α,β-unsaturated/α-hetero) is 1. The van der Waals surface area contributed by atoms with Crippen molar-refractivity contribution < 1.29 is 47.6 Å². The van der Waals surface area contributed by atoms with Gasteiger partial charge in [0, 0.05) is 26.6 Å². The fraction of sp³-hybridized carbons (Fsp3) is 0.444. The first-order valence-corrected chi connectivity index (χ1v) is 11.8. The Kier molecular flexibility index (Phi) is 9.73. The van der Waals surface area contributed by atoms with Gasteiger partial charge >= 0.3 is 11.9 Å². The molecule has 9 nitrogen and oxygen atoms in total. The lowest BCUT2D eigenvalue weighted by atomic mass is 9.61. The van der Waals surface area contributed by atoms with Crippen LogP contribution in [0.3, 0.4) is 0 Å². The van der Waals surface area contributed by atoms with Gasteiger partial charge < -0.3 is 28.8 Å². The van der Waals surface area contributed by atoms with Crippen molar-refractivity contribution in [3.05, 3.63) is 59.9 Å². The number of hydrogen-bond donors (Lipinski definition) is 1. The van der Waals surface area contributed by atoms with Gasteiger partial charge in [-0.15, -0.1) is 0 Å². The Labute approximate surface area is 214 Å². The number of ether oxygens (including phenoxy) is 5. The van der Waals surface area contributed by atoms with Gasteiger partial charge in [-0.3, -0.25) is 14.4 Å². The van der Waals surface area contributed by atoms with Crippen LogP contribution in [0.15, 0.2) is 48.5 Å². The summed E-state index contributed by atoms with van der Waals surface area (Å²) in [4.78, 5) is 39.5. The number of aliphatic hydroxyl groups is 1. The Morgan fingerprint density at radius 1 is 0.973 bits per heavy atom. The summed E-state index contributed by atoms with van der Waals surface area (Å²) in [6.45, 7) is 1.33. The summed E-state index contributed by atoms with van der Waals surface area (Å²) in [5.41, 5.74) is -1.63. The highest BCUT2D eigenvalue weighted by atomic mass is 19.1. The lowest BCUT2D eigenvalue weighted by Gasteiger charge is -2.43. The van der Waals surface area contributed by atoms with E-state index in [9.17, 15) is 23.9 Å². The Morgan fingerprint density at radius 2 is 1.59 bits per heavy atom. The number of halogens is 1. The van der Waals surface area contributed by atoms with E-state index in [-0.39, 0.29) is 37.7 Å². The highest BCUT2D eigenvalue weighted by Crippen LogP contribution is 2.47. The van der Waals surface area contributed by atoms with Crippen molar-refractivity contribution in [2.45, 2.75) is 24.9 Å². The Balaban J connectivity index is 2.07. The quantitative estimate of drug-likeness (QED) is 0.272. The third-order valence-corrected chi connectivity index (χ3v) is 6.15. The molecule has 1 aliphatic rings. The molecule has 0 spiro atoms. The minimum atomic E-state index is -1.86. The molecule has 0 heterocycles. The number of methoxy groups -OCH3 is 2. The topological polar surface area (TPSA) is 118 Å². The van der Waals surface area contributed by atoms with Gasteiger partial charge in [-0.1, -0.05) is 24.3 Å². The second-order valence-corrected chi connectivity index (χ2v) is 8.91. The SMILES string of the molecule is COCCOC(=O)[C@@H]1C(=O)C[C@](C)(O)[C@@H](C(=O)OCCOC)[C@H]1c1ccc(F)c(Oc2ccccc2)c1. The molecule has 1 N–H and O–H groups in total. The lowest BCUT2D eigenvalue weighted by Crippen LogP contribution is -2.55. The molecule has 1 aliphatic carbocycles. The fourth-order valence-corrected chi connectivity index (χ4v) is 4.47. The maximum Gasteiger partial charge on any atom is 0.317 e. The van der Waals surface area contributed by atoms with E-state index in [1.54, 1.807) is 30.3 Å². The summed E-state index contributed by atoms with van der Waals surface area (Å²) in [5.74, 6) is -6.87. The van der Waals surface area contributed by atoms with Gasteiger partial charge in [0.05, 0.1) is 24.7 Å². The summed E-state index contributed by atoms with van der Waals surface area (Å²) >= 11 is 0. The number of carbonyl (C=O) groups is 3. The monoisotopic (exact) mass is 518 g/mol. The summed E-state index contributed by atoms with van der Waals surface area (Å²) in [6.07, 6.45) is -0.480. The van der Waals surface area contributed by atoms with Crippen LogP contribution in [0.5, 0.6) is 11.5 Å². The van der Waals surface area contributed by atoms with E-state index in [4.69, 9.17) is 23.7 Å². The van der Waals surface area contributed by atoms with Gasteiger partial charge in [0.2, 0.25) is 0 Å². The Bertz CT molecular complexity index is 1090. The van der Waals surface area contributed by atoms with Crippen LogP contribution in [0.4, 0.5) is 4.39 Å². The largest absolute Gasteiger partial charge is 0.463 e. The molecule has 0 aromatic heterocycles. The molecule has 0 saturated heterocycles. The Hall–Kier alpha value is -3.34. The molecule has 200 valence electrons. The van der Waals surface area contributed by atoms with Crippen molar-refractivity contribution in [1.82, 2.24) is 0 Å². The number of carbonyl (C=O) groups excluding carboxylic acids is 3. The van der Waals surface area contributed by atoms with Crippen LogP contribution in [-0.4, -0.2) is 69.1 Å². The minimum absolute atomic E-state index is 0.0999. The predicted octanol–water partition coefficient (Wildman–Crippen LogP) is 3.04. The van der Waals surface area contributed by atoms with Crippen molar-refractivity contribution in [3.8, 4) is 11.5 Å². The van der Waals surface area contributed by atoms with E-state index in [0.717, 1.165) is 6.07 Å². The first kappa shape index (κ1) is 28.2. The van der Waals surface area contributed by atoms with Gasteiger partial charge in [0.25, 0.3) is 0 Å². The zero-order chi connectivity index (χ0) is 27.0. The molecule has 10 heteroatoms. The van der Waals surface area contributed by atoms with Gasteiger partial charge in [-0.2, -0.15) is 0 Å².